The molecule has 0 aliphatic carbocycles. The minimum atomic E-state index is -0.244. The zero-order chi connectivity index (χ0) is 20.8. The van der Waals surface area contributed by atoms with Crippen LogP contribution in [0.3, 0.4) is 0 Å². The maximum Gasteiger partial charge on any atom is 0.262 e. The number of amides is 1. The number of carbonyl (C=O) groups is 1. The number of aryl methyl sites for hydroxylation is 1. The van der Waals surface area contributed by atoms with Crippen molar-refractivity contribution in [2.75, 3.05) is 11.9 Å². The van der Waals surface area contributed by atoms with Crippen molar-refractivity contribution in [3.8, 4) is 17.1 Å². The van der Waals surface area contributed by atoms with Gasteiger partial charge in [0.25, 0.3) is 5.91 Å². The van der Waals surface area contributed by atoms with E-state index >= 15 is 0 Å². The molecule has 0 fully saturated rings. The van der Waals surface area contributed by atoms with E-state index in [4.69, 9.17) is 9.26 Å². The molecule has 1 amide bonds. The molecule has 6 heteroatoms. The van der Waals surface area contributed by atoms with Gasteiger partial charge in [-0.25, -0.2) is 0 Å². The molecular formula is C24H21N3O3. The van der Waals surface area contributed by atoms with Crippen LogP contribution in [0.5, 0.6) is 5.75 Å². The minimum absolute atomic E-state index is 0.125. The first-order valence-corrected chi connectivity index (χ1v) is 9.62. The number of nitrogens with one attached hydrogen (secondary N) is 1. The van der Waals surface area contributed by atoms with Gasteiger partial charge in [-0.3, -0.25) is 4.79 Å². The summed E-state index contributed by atoms with van der Waals surface area (Å²) in [7, 11) is 0. The minimum Gasteiger partial charge on any atom is -0.483 e. The van der Waals surface area contributed by atoms with Gasteiger partial charge in [0.2, 0.25) is 11.7 Å². The van der Waals surface area contributed by atoms with Gasteiger partial charge in [-0.05, 0) is 36.8 Å². The molecule has 1 N–H and O–H groups in total. The maximum atomic E-state index is 12.2. The third-order valence-corrected chi connectivity index (χ3v) is 4.49. The van der Waals surface area contributed by atoms with Crippen LogP contribution in [0.25, 0.3) is 11.4 Å². The molecule has 1 aromatic heterocycles. The molecule has 0 atom stereocenters. The SMILES string of the molecule is Cc1ccc(NC(=O)COc2ccccc2-c2noc(Cc3ccccc3)n2)cc1. The number of anilines is 1. The van der Waals surface area contributed by atoms with E-state index in [1.54, 1.807) is 6.07 Å². The molecule has 0 radical (unpaired) electrons. The standard InChI is InChI=1S/C24H21N3O3/c1-17-11-13-19(14-12-17)25-22(28)16-29-21-10-6-5-9-20(21)24-26-23(30-27-24)15-18-7-3-2-4-8-18/h2-14H,15-16H2,1H3,(H,25,28). The van der Waals surface area contributed by atoms with Gasteiger partial charge < -0.3 is 14.6 Å². The van der Waals surface area contributed by atoms with Crippen LogP contribution in [0.2, 0.25) is 0 Å². The molecule has 4 aromatic rings. The average Bonchev–Trinajstić information content (AvgIpc) is 3.23. The Hall–Kier alpha value is -3.93. The Morgan fingerprint density at radius 3 is 2.50 bits per heavy atom. The zero-order valence-electron chi connectivity index (χ0n) is 16.5. The highest BCUT2D eigenvalue weighted by Crippen LogP contribution is 2.28. The fraction of sp³-hybridized carbons (Fsp3) is 0.125. The molecule has 0 saturated heterocycles. The number of rotatable bonds is 7. The van der Waals surface area contributed by atoms with Crippen molar-refractivity contribution in [3.05, 3.63) is 95.9 Å². The van der Waals surface area contributed by atoms with E-state index in [9.17, 15) is 4.79 Å². The molecule has 6 nitrogen and oxygen atoms in total. The van der Waals surface area contributed by atoms with Crippen molar-refractivity contribution in [1.29, 1.82) is 0 Å². The molecule has 0 unspecified atom stereocenters. The molecule has 30 heavy (non-hydrogen) atoms. The molecular weight excluding hydrogens is 378 g/mol. The fourth-order valence-corrected chi connectivity index (χ4v) is 2.96. The molecule has 150 valence electrons. The van der Waals surface area contributed by atoms with Gasteiger partial charge >= 0.3 is 0 Å². The Bertz CT molecular complexity index is 1120. The van der Waals surface area contributed by atoms with Crippen LogP contribution in [-0.4, -0.2) is 22.7 Å². The van der Waals surface area contributed by atoms with Crippen molar-refractivity contribution in [2.45, 2.75) is 13.3 Å². The Labute approximate surface area is 174 Å². The number of benzene rings is 3. The molecule has 3 aromatic carbocycles. The fourth-order valence-electron chi connectivity index (χ4n) is 2.96. The molecule has 0 saturated carbocycles. The Morgan fingerprint density at radius 2 is 1.70 bits per heavy atom. The van der Waals surface area contributed by atoms with Crippen LogP contribution in [0.1, 0.15) is 17.0 Å². The predicted molar refractivity (Wildman–Crippen MR) is 114 cm³/mol. The van der Waals surface area contributed by atoms with Crippen molar-refractivity contribution in [3.63, 3.8) is 0 Å². The van der Waals surface area contributed by atoms with E-state index in [2.05, 4.69) is 15.5 Å². The summed E-state index contributed by atoms with van der Waals surface area (Å²) in [5.74, 6) is 1.22. The van der Waals surface area contributed by atoms with Gasteiger partial charge in [0.1, 0.15) is 5.75 Å². The summed E-state index contributed by atoms with van der Waals surface area (Å²) in [6, 6.07) is 24.8. The highest BCUT2D eigenvalue weighted by molar-refractivity contribution is 5.92. The van der Waals surface area contributed by atoms with Crippen LogP contribution in [0.15, 0.2) is 83.4 Å². The third kappa shape index (κ3) is 4.91. The van der Waals surface area contributed by atoms with Gasteiger partial charge in [-0.15, -0.1) is 0 Å². The Kier molecular flexibility index (Phi) is 5.85. The molecule has 0 aliphatic rings. The number of hydrogen-bond acceptors (Lipinski definition) is 5. The van der Waals surface area contributed by atoms with Gasteiger partial charge in [0, 0.05) is 5.69 Å². The van der Waals surface area contributed by atoms with E-state index in [0.29, 0.717) is 29.4 Å². The number of hydrogen-bond donors (Lipinski definition) is 1. The smallest absolute Gasteiger partial charge is 0.262 e. The van der Waals surface area contributed by atoms with Crippen LogP contribution in [-0.2, 0) is 11.2 Å². The topological polar surface area (TPSA) is 77.2 Å². The van der Waals surface area contributed by atoms with Crippen molar-refractivity contribution in [2.24, 2.45) is 0 Å². The van der Waals surface area contributed by atoms with Crippen LogP contribution in [0.4, 0.5) is 5.69 Å². The van der Waals surface area contributed by atoms with E-state index in [0.717, 1.165) is 16.8 Å². The number of para-hydroxylation sites is 1. The van der Waals surface area contributed by atoms with Crippen molar-refractivity contribution in [1.82, 2.24) is 10.1 Å². The maximum absolute atomic E-state index is 12.2. The normalized spacial score (nSPS) is 10.6. The number of nitrogens with zero attached hydrogens (tertiary/aromatic N) is 2. The van der Waals surface area contributed by atoms with E-state index < -0.39 is 0 Å². The lowest BCUT2D eigenvalue weighted by molar-refractivity contribution is -0.118. The Balaban J connectivity index is 1.42. The largest absolute Gasteiger partial charge is 0.483 e. The zero-order valence-corrected chi connectivity index (χ0v) is 16.5. The van der Waals surface area contributed by atoms with Gasteiger partial charge in [-0.2, -0.15) is 4.98 Å². The van der Waals surface area contributed by atoms with Gasteiger partial charge in [-0.1, -0.05) is 65.3 Å². The summed E-state index contributed by atoms with van der Waals surface area (Å²) < 4.78 is 11.1. The van der Waals surface area contributed by atoms with E-state index in [1.165, 1.54) is 0 Å². The van der Waals surface area contributed by atoms with E-state index in [1.807, 2.05) is 79.7 Å². The molecule has 0 aliphatic heterocycles. The lowest BCUT2D eigenvalue weighted by atomic mass is 10.1. The van der Waals surface area contributed by atoms with Crippen molar-refractivity contribution >= 4 is 11.6 Å². The first-order chi connectivity index (χ1) is 14.7. The number of carbonyl (C=O) groups excluding carboxylic acids is 1. The molecule has 0 spiro atoms. The highest BCUT2D eigenvalue weighted by atomic mass is 16.5. The summed E-state index contributed by atoms with van der Waals surface area (Å²) in [4.78, 5) is 16.7. The van der Waals surface area contributed by atoms with Crippen LogP contribution >= 0.6 is 0 Å². The number of aromatic nitrogens is 2. The summed E-state index contributed by atoms with van der Waals surface area (Å²) >= 11 is 0. The molecule has 4 rings (SSSR count). The second kappa shape index (κ2) is 9.05. The lowest BCUT2D eigenvalue weighted by Crippen LogP contribution is -2.20. The monoisotopic (exact) mass is 399 g/mol. The average molecular weight is 399 g/mol. The third-order valence-electron chi connectivity index (χ3n) is 4.49. The summed E-state index contributed by atoms with van der Waals surface area (Å²) in [5, 5.41) is 6.90. The lowest BCUT2D eigenvalue weighted by Gasteiger charge is -2.10. The molecule has 0 bridgehead atoms. The number of ether oxygens (including phenoxy) is 1. The molecule has 1 heterocycles. The first-order valence-electron chi connectivity index (χ1n) is 9.62. The Morgan fingerprint density at radius 1 is 0.967 bits per heavy atom. The predicted octanol–water partition coefficient (Wildman–Crippen LogP) is 4.65. The van der Waals surface area contributed by atoms with Gasteiger partial charge in [0.05, 0.1) is 12.0 Å². The quantitative estimate of drug-likeness (QED) is 0.489. The van der Waals surface area contributed by atoms with E-state index in [-0.39, 0.29) is 12.5 Å². The van der Waals surface area contributed by atoms with Crippen molar-refractivity contribution < 1.29 is 14.1 Å². The second-order valence-corrected chi connectivity index (χ2v) is 6.87. The summed E-state index contributed by atoms with van der Waals surface area (Å²) in [6.07, 6.45) is 0.551. The summed E-state index contributed by atoms with van der Waals surface area (Å²) in [5.41, 5.74) is 3.62. The summed E-state index contributed by atoms with van der Waals surface area (Å²) in [6.45, 7) is 1.87. The second-order valence-electron chi connectivity index (χ2n) is 6.87. The van der Waals surface area contributed by atoms with Gasteiger partial charge in [0.15, 0.2) is 6.61 Å². The first kappa shape index (κ1) is 19.4. The van der Waals surface area contributed by atoms with Crippen LogP contribution < -0.4 is 10.1 Å². The van der Waals surface area contributed by atoms with Crippen LogP contribution in [0, 0.1) is 6.92 Å². The highest BCUT2D eigenvalue weighted by Gasteiger charge is 2.14.